The minimum Gasteiger partial charge on any atom is -0.484 e. The highest BCUT2D eigenvalue weighted by Gasteiger charge is 2.63. The van der Waals surface area contributed by atoms with Crippen LogP contribution in [0.25, 0.3) is 0 Å². The number of likely N-dealkylation sites (tertiary alicyclic amines) is 1. The summed E-state index contributed by atoms with van der Waals surface area (Å²) in [7, 11) is 10.9. The van der Waals surface area contributed by atoms with Gasteiger partial charge in [0.15, 0.2) is 17.5 Å². The van der Waals surface area contributed by atoms with Crippen molar-refractivity contribution in [2.45, 2.75) is 30.3 Å². The van der Waals surface area contributed by atoms with Crippen LogP contribution in [0.1, 0.15) is 12.5 Å². The number of non-ortho nitro benzene ring substituents is 1. The number of β-lactam (4-membered cyclic amide) rings is 1. The number of nitrogens with zero attached hydrogens (tertiary/aromatic N) is 2. The van der Waals surface area contributed by atoms with Gasteiger partial charge in [-0.05, 0) is 40.9 Å². The second kappa shape index (κ2) is 14.6. The third kappa shape index (κ3) is 8.01. The van der Waals surface area contributed by atoms with E-state index in [-0.39, 0.29) is 17.7 Å². The van der Waals surface area contributed by atoms with E-state index in [2.05, 4.69) is 33.3 Å². The lowest BCUT2D eigenvalue weighted by atomic mass is 9.80. The number of hydrogen-bond donors (Lipinski definition) is 2. The number of carbonyl (C=O) groups is 3. The molecule has 1 heterocycles. The average Bonchev–Trinajstić information content (AvgIpc) is 2.88. The molecule has 4 unspecified atom stereocenters. The lowest BCUT2D eigenvalue weighted by Crippen LogP contribution is -2.79. The zero-order chi connectivity index (χ0) is 30.2. The Hall–Kier alpha value is -3.04. The van der Waals surface area contributed by atoms with Gasteiger partial charge < -0.3 is 20.1 Å². The molecule has 2 aromatic rings. The van der Waals surface area contributed by atoms with Crippen molar-refractivity contribution in [3.8, 4) is 5.75 Å². The highest BCUT2D eigenvalue weighted by Crippen LogP contribution is 2.39. The van der Waals surface area contributed by atoms with Crippen LogP contribution in [-0.2, 0) is 40.0 Å². The largest absolute Gasteiger partial charge is 0.484 e. The molecule has 0 saturated carbocycles. The van der Waals surface area contributed by atoms with Gasteiger partial charge >= 0.3 is 5.97 Å². The number of carboxylic acids is 1. The molecule has 0 spiro atoms. The lowest BCUT2D eigenvalue weighted by molar-refractivity contribution is -0.384. The van der Waals surface area contributed by atoms with Crippen molar-refractivity contribution in [2.75, 3.05) is 6.61 Å². The van der Waals surface area contributed by atoms with Gasteiger partial charge in [0.1, 0.15) is 21.8 Å². The van der Waals surface area contributed by atoms with Crippen LogP contribution in [0.2, 0.25) is 0 Å². The molecule has 0 bridgehead atoms. The van der Waals surface area contributed by atoms with E-state index in [1.807, 2.05) is 0 Å². The van der Waals surface area contributed by atoms with Crippen LogP contribution >= 0.6 is 32.0 Å². The lowest BCUT2D eigenvalue weighted by Gasteiger charge is -2.53. The topological polar surface area (TPSA) is 173 Å². The number of para-hydroxylation sites is 1. The number of nitro benzene ring substituents is 1. The van der Waals surface area contributed by atoms with Crippen molar-refractivity contribution >= 4 is 74.8 Å². The Kier molecular flexibility index (Phi) is 12.1. The number of nitrogens with one attached hydrogen (secondary N) is 1. The fourth-order valence-corrected chi connectivity index (χ4v) is 5.30. The van der Waals surface area contributed by atoms with E-state index in [0.29, 0.717) is 11.3 Å². The van der Waals surface area contributed by atoms with Gasteiger partial charge in [0, 0.05) is 39.9 Å². The normalized spacial score (nSPS) is 18.3. The van der Waals surface area contributed by atoms with Crippen molar-refractivity contribution in [3.63, 3.8) is 0 Å². The van der Waals surface area contributed by atoms with Crippen LogP contribution in [0.4, 0.5) is 5.69 Å². The predicted octanol–water partition coefficient (Wildman–Crippen LogP) is 3.21. The van der Waals surface area contributed by atoms with Gasteiger partial charge in [0.2, 0.25) is 9.23 Å². The molecular weight excluding hydrogens is 633 g/mol. The maximum absolute atomic E-state index is 13.2. The van der Waals surface area contributed by atoms with Crippen molar-refractivity contribution in [1.29, 1.82) is 0 Å². The summed E-state index contributed by atoms with van der Waals surface area (Å²) in [5, 5.41) is 22.2. The molecule has 216 valence electrons. The standard InChI is InChI=1S/C23H22ClN3O8S.Cl2OS/c1-14(2)23(22(30)31,12-15-8-10-16(11-9-15)27(32)33)26-20(29)19(21(26)36(24)34)25-18(28)13-35-17-6-4-3-5-7-17;1-4(2)3/h3-11,19,21H,1,12-13H2,2H3,(H,25,28)(H,30,31);. The van der Waals surface area contributed by atoms with E-state index < -0.39 is 65.5 Å². The van der Waals surface area contributed by atoms with Gasteiger partial charge in [-0.25, -0.2) is 13.2 Å². The fourth-order valence-electron chi connectivity index (χ4n) is 3.91. The molecule has 17 heteroatoms. The first kappa shape index (κ1) is 33.2. The Morgan fingerprint density at radius 2 is 1.70 bits per heavy atom. The quantitative estimate of drug-likeness (QED) is 0.121. The van der Waals surface area contributed by atoms with E-state index in [0.717, 1.165) is 4.90 Å². The van der Waals surface area contributed by atoms with Crippen LogP contribution in [0.3, 0.4) is 0 Å². The number of carboxylic acid groups (broad SMARTS) is 1. The summed E-state index contributed by atoms with van der Waals surface area (Å²) in [4.78, 5) is 49.3. The summed E-state index contributed by atoms with van der Waals surface area (Å²) < 4.78 is 26.8. The van der Waals surface area contributed by atoms with Crippen molar-refractivity contribution in [3.05, 3.63) is 82.4 Å². The first-order valence-corrected chi connectivity index (χ1v) is 15.8. The first-order valence-electron chi connectivity index (χ1n) is 11.0. The number of aliphatic carboxylic acids is 1. The van der Waals surface area contributed by atoms with Gasteiger partial charge in [-0.3, -0.25) is 19.7 Å². The number of hydrogen-bond acceptors (Lipinski definition) is 8. The van der Waals surface area contributed by atoms with Gasteiger partial charge in [-0.15, -0.1) is 0 Å². The van der Waals surface area contributed by atoms with E-state index in [9.17, 15) is 33.8 Å². The summed E-state index contributed by atoms with van der Waals surface area (Å²) in [6.45, 7) is 4.69. The number of rotatable bonds is 11. The third-order valence-electron chi connectivity index (χ3n) is 5.74. The second-order valence-electron chi connectivity index (χ2n) is 8.22. The molecule has 3 rings (SSSR count). The second-order valence-corrected chi connectivity index (χ2v) is 12.6. The summed E-state index contributed by atoms with van der Waals surface area (Å²) >= 11 is 0. The number of ether oxygens (including phenoxy) is 1. The van der Waals surface area contributed by atoms with Crippen LogP contribution < -0.4 is 10.1 Å². The van der Waals surface area contributed by atoms with Crippen LogP contribution in [0.5, 0.6) is 5.75 Å². The monoisotopic (exact) mass is 653 g/mol. The van der Waals surface area contributed by atoms with Crippen LogP contribution in [-0.4, -0.2) is 64.7 Å². The zero-order valence-electron chi connectivity index (χ0n) is 20.5. The molecule has 0 aliphatic carbocycles. The minimum atomic E-state index is -2.28. The summed E-state index contributed by atoms with van der Waals surface area (Å²) in [6.07, 6.45) is -0.330. The Morgan fingerprint density at radius 3 is 2.15 bits per heavy atom. The number of nitro groups is 1. The molecule has 40 heavy (non-hydrogen) atoms. The third-order valence-corrected chi connectivity index (χ3v) is 7.15. The number of halogens is 3. The molecule has 2 N–H and O–H groups in total. The molecule has 0 radical (unpaired) electrons. The van der Waals surface area contributed by atoms with Crippen LogP contribution in [0.15, 0.2) is 66.7 Å². The SMILES string of the molecule is C=C(C)C(Cc1ccc([N+](=O)[O-])cc1)(C(=O)O)N1C(=O)C(NC(=O)COc2ccccc2)C1S(=O)Cl.O=S(Cl)Cl. The van der Waals surface area contributed by atoms with E-state index >= 15 is 0 Å². The Balaban J connectivity index is 0.00000131. The summed E-state index contributed by atoms with van der Waals surface area (Å²) in [5.41, 5.74) is -1.90. The van der Waals surface area contributed by atoms with Gasteiger partial charge in [0.05, 0.1) is 4.92 Å². The summed E-state index contributed by atoms with van der Waals surface area (Å²) in [6, 6.07) is 12.2. The first-order chi connectivity index (χ1) is 18.7. The molecule has 12 nitrogen and oxygen atoms in total. The van der Waals surface area contributed by atoms with E-state index in [4.69, 9.17) is 19.6 Å². The molecule has 4 atom stereocenters. The number of carbonyl (C=O) groups excluding carboxylic acids is 2. The van der Waals surface area contributed by atoms with Gasteiger partial charge in [-0.2, -0.15) is 0 Å². The van der Waals surface area contributed by atoms with Gasteiger partial charge in [-0.1, -0.05) is 36.9 Å². The Labute approximate surface area is 246 Å². The molecule has 2 aromatic carbocycles. The molecule has 1 saturated heterocycles. The molecule has 2 amide bonds. The van der Waals surface area contributed by atoms with Crippen molar-refractivity contribution in [1.82, 2.24) is 10.2 Å². The van der Waals surface area contributed by atoms with E-state index in [1.54, 1.807) is 30.3 Å². The Bertz CT molecular complexity index is 1310. The number of amides is 2. The van der Waals surface area contributed by atoms with E-state index in [1.165, 1.54) is 31.2 Å². The maximum Gasteiger partial charge on any atom is 0.334 e. The molecular formula is C23H22Cl3N3O9S2. The highest BCUT2D eigenvalue weighted by atomic mass is 36.0. The van der Waals surface area contributed by atoms with Crippen molar-refractivity contribution < 1.29 is 37.6 Å². The number of benzene rings is 2. The molecule has 1 aliphatic heterocycles. The molecule has 1 fully saturated rings. The summed E-state index contributed by atoms with van der Waals surface area (Å²) in [5.74, 6) is -2.57. The zero-order valence-corrected chi connectivity index (χ0v) is 24.4. The fraction of sp³-hybridized carbons (Fsp3) is 0.261. The van der Waals surface area contributed by atoms with Crippen LogP contribution in [0, 0.1) is 10.1 Å². The maximum atomic E-state index is 13.2. The molecule has 1 aliphatic rings. The molecule has 0 aromatic heterocycles. The smallest absolute Gasteiger partial charge is 0.334 e. The van der Waals surface area contributed by atoms with Crippen molar-refractivity contribution in [2.24, 2.45) is 0 Å². The minimum absolute atomic E-state index is 0.0333. The average molecular weight is 655 g/mol. The highest BCUT2D eigenvalue weighted by molar-refractivity contribution is 8.26. The predicted molar refractivity (Wildman–Crippen MR) is 150 cm³/mol. The Morgan fingerprint density at radius 1 is 1.15 bits per heavy atom. The van der Waals surface area contributed by atoms with Gasteiger partial charge in [0.25, 0.3) is 17.5 Å².